The van der Waals surface area contributed by atoms with Crippen LogP contribution in [0.5, 0.6) is 0 Å². The zero-order chi connectivity index (χ0) is 4.50. The molecule has 0 rings (SSSR count). The fourth-order valence-corrected chi connectivity index (χ4v) is 0. The van der Waals surface area contributed by atoms with E-state index < -0.39 is 7.82 Å². The summed E-state index contributed by atoms with van der Waals surface area (Å²) in [5.41, 5.74) is 0. The fourth-order valence-electron chi connectivity index (χ4n) is 0. The average Bonchev–Trinajstić information content (AvgIpc) is 0.722. The van der Waals surface area contributed by atoms with Gasteiger partial charge in [0.25, 0.3) is 0 Å². The predicted molar refractivity (Wildman–Crippen MR) is 36.7 cm³/mol. The molecule has 0 heterocycles. The molecule has 11 N–H and O–H groups in total. The summed E-state index contributed by atoms with van der Waals surface area (Å²) in [5, 5.41) is 0. The molecule has 0 fully saturated rings. The molecule has 0 aromatic rings. The monoisotopic (exact) mass is 196 g/mol. The Labute approximate surface area is 75.5 Å². The predicted octanol–water partition coefficient (Wildman–Crippen LogP) is -4.38. The molecule has 0 aliphatic heterocycles. The van der Waals surface area contributed by atoms with Crippen molar-refractivity contribution >= 4 is 30.9 Å². The van der Waals surface area contributed by atoms with Gasteiger partial charge in [0.05, 0.1) is 0 Å². The maximum atomic E-state index is 8.88. The number of phosphoric acid groups is 1. The summed E-state index contributed by atoms with van der Waals surface area (Å²) >= 11 is 0. The van der Waals surface area contributed by atoms with Crippen molar-refractivity contribution in [3.63, 3.8) is 0 Å². The van der Waals surface area contributed by atoms with E-state index in [1.165, 1.54) is 0 Å². The van der Waals surface area contributed by atoms with E-state index in [0.29, 0.717) is 0 Å². The number of hydrogen-bond acceptors (Lipinski definition) is 1. The molecule has 0 atom stereocenters. The van der Waals surface area contributed by atoms with Crippen LogP contribution in [0.1, 0.15) is 2.85 Å². The van der Waals surface area contributed by atoms with Crippen LogP contribution in [0, 0.1) is 0 Å². The van der Waals surface area contributed by atoms with E-state index in [1.54, 1.807) is 0 Å². The van der Waals surface area contributed by atoms with Crippen LogP contribution in [0.4, 0.5) is 0 Å². The molecule has 8 nitrogen and oxygen atoms in total. The number of rotatable bonds is 0. The van der Waals surface area contributed by atoms with Crippen molar-refractivity contribution in [2.45, 2.75) is 0 Å². The molecule has 68 valence electrons. The van der Waals surface area contributed by atoms with Crippen molar-refractivity contribution < 1.29 is 44.0 Å². The standard InChI is InChI=1S/Mg.H3O4P.4H2O.2H/c;1-5(2,3)4;;;;;;/h;(H3,1,2,3,4);4*1H2;;/q+2;;;;;;2*-1. The third kappa shape index (κ3) is 1010. The fraction of sp³-hybridized carbons (Fsp3) is 0. The molecule has 0 aliphatic carbocycles. The molecule has 10 heavy (non-hydrogen) atoms. The molecule has 0 unspecified atom stereocenters. The molecule has 0 aromatic heterocycles. The maximum absolute atomic E-state index is 8.88. The van der Waals surface area contributed by atoms with Gasteiger partial charge in [-0.3, -0.25) is 0 Å². The first kappa shape index (κ1) is 45.5. The Balaban J connectivity index is -0.00000000381. The van der Waals surface area contributed by atoms with Gasteiger partial charge in [-0.05, 0) is 0 Å². The summed E-state index contributed by atoms with van der Waals surface area (Å²) in [6, 6.07) is 0. The maximum Gasteiger partial charge on any atom is 2.00 e. The molecule has 0 saturated heterocycles. The molecule has 0 aromatic carbocycles. The molecule has 0 bridgehead atoms. The zero-order valence-electron chi connectivity index (χ0n) is 6.90. The SMILES string of the molecule is O.O.O.O.O=P(O)(O)O.[H-].[H-].[Mg+2]. The van der Waals surface area contributed by atoms with Gasteiger partial charge in [0.2, 0.25) is 0 Å². The first-order chi connectivity index (χ1) is 2.00. The normalized spacial score (nSPS) is 5.90. The van der Waals surface area contributed by atoms with E-state index in [2.05, 4.69) is 0 Å². The second-order valence-corrected chi connectivity index (χ2v) is 1.54. The van der Waals surface area contributed by atoms with Gasteiger partial charge < -0.3 is 39.4 Å². The van der Waals surface area contributed by atoms with Crippen LogP contribution < -0.4 is 0 Å². The summed E-state index contributed by atoms with van der Waals surface area (Å²) in [7, 11) is -4.64. The van der Waals surface area contributed by atoms with E-state index in [4.69, 9.17) is 19.2 Å². The Morgan fingerprint density at radius 1 is 0.900 bits per heavy atom. The van der Waals surface area contributed by atoms with Gasteiger partial charge in [-0.2, -0.15) is 0 Å². The second kappa shape index (κ2) is 16.4. The van der Waals surface area contributed by atoms with Crippen LogP contribution >= 0.6 is 7.82 Å². The molecular formula is H13MgO8P. The van der Waals surface area contributed by atoms with Crippen molar-refractivity contribution in [3.05, 3.63) is 0 Å². The van der Waals surface area contributed by atoms with Gasteiger partial charge >= 0.3 is 30.9 Å². The van der Waals surface area contributed by atoms with Gasteiger partial charge in [-0.1, -0.05) is 0 Å². The molecule has 0 radical (unpaired) electrons. The first-order valence-electron chi connectivity index (χ1n) is 0.783. The molecule has 0 saturated carbocycles. The van der Waals surface area contributed by atoms with Crippen molar-refractivity contribution in [1.29, 1.82) is 0 Å². The Morgan fingerprint density at radius 3 is 0.900 bits per heavy atom. The van der Waals surface area contributed by atoms with Gasteiger partial charge in [0.15, 0.2) is 0 Å². The third-order valence-electron chi connectivity index (χ3n) is 0. The average molecular weight is 196 g/mol. The first-order valence-corrected chi connectivity index (χ1v) is 2.35. The molecule has 10 heteroatoms. The van der Waals surface area contributed by atoms with Gasteiger partial charge in [0, 0.05) is 0 Å². The van der Waals surface area contributed by atoms with Crippen LogP contribution in [-0.4, -0.2) is 59.6 Å². The van der Waals surface area contributed by atoms with Crippen LogP contribution in [0.15, 0.2) is 0 Å². The summed E-state index contributed by atoms with van der Waals surface area (Å²) in [6.45, 7) is 0. The minimum absolute atomic E-state index is 0. The Kier molecular flexibility index (Phi) is 74.4. The van der Waals surface area contributed by atoms with Gasteiger partial charge in [-0.15, -0.1) is 0 Å². The summed E-state index contributed by atoms with van der Waals surface area (Å²) < 4.78 is 8.88. The zero-order valence-corrected chi connectivity index (χ0v) is 7.21. The summed E-state index contributed by atoms with van der Waals surface area (Å²) in [5.74, 6) is 0. The van der Waals surface area contributed by atoms with Gasteiger partial charge in [-0.25, -0.2) is 4.57 Å². The van der Waals surface area contributed by atoms with Crippen LogP contribution in [0.3, 0.4) is 0 Å². The van der Waals surface area contributed by atoms with Crippen LogP contribution in [0.2, 0.25) is 0 Å². The van der Waals surface area contributed by atoms with E-state index in [0.717, 1.165) is 0 Å². The van der Waals surface area contributed by atoms with E-state index in [-0.39, 0.29) is 47.8 Å². The topological polar surface area (TPSA) is 204 Å². The van der Waals surface area contributed by atoms with Crippen LogP contribution in [0.25, 0.3) is 0 Å². The second-order valence-electron chi connectivity index (χ2n) is 0.513. The minimum Gasteiger partial charge on any atom is -1.00 e. The molecule has 0 spiro atoms. The summed E-state index contributed by atoms with van der Waals surface area (Å²) in [4.78, 5) is 21.6. The largest absolute Gasteiger partial charge is 2.00 e. The van der Waals surface area contributed by atoms with E-state index in [1.807, 2.05) is 0 Å². The Morgan fingerprint density at radius 2 is 0.900 bits per heavy atom. The van der Waals surface area contributed by atoms with Crippen molar-refractivity contribution in [2.75, 3.05) is 0 Å². The summed E-state index contributed by atoms with van der Waals surface area (Å²) in [6.07, 6.45) is 0. The van der Waals surface area contributed by atoms with Crippen molar-refractivity contribution in [3.8, 4) is 0 Å². The van der Waals surface area contributed by atoms with Crippen LogP contribution in [-0.2, 0) is 4.57 Å². The van der Waals surface area contributed by atoms with Crippen molar-refractivity contribution in [1.82, 2.24) is 0 Å². The molecule has 0 aliphatic rings. The quantitative estimate of drug-likeness (QED) is 0.259. The third-order valence-corrected chi connectivity index (χ3v) is 0. The molecule has 0 amide bonds. The Hall–Kier alpha value is 0.716. The van der Waals surface area contributed by atoms with E-state index >= 15 is 0 Å². The minimum atomic E-state index is -4.64. The van der Waals surface area contributed by atoms with E-state index in [9.17, 15) is 0 Å². The van der Waals surface area contributed by atoms with Crippen molar-refractivity contribution in [2.24, 2.45) is 0 Å². The Bertz CT molecular complexity index is 63.2. The number of hydrogen-bond donors (Lipinski definition) is 3. The smallest absolute Gasteiger partial charge is 1.00 e. The molecular weight excluding hydrogens is 183 g/mol. The van der Waals surface area contributed by atoms with Gasteiger partial charge in [0.1, 0.15) is 0 Å².